The fourth-order valence-corrected chi connectivity index (χ4v) is 2.94. The highest BCUT2D eigenvalue weighted by atomic mass is 35.5. The summed E-state index contributed by atoms with van der Waals surface area (Å²) in [5.74, 6) is -1.47. The van der Waals surface area contributed by atoms with Crippen LogP contribution in [0, 0.1) is 0 Å². The summed E-state index contributed by atoms with van der Waals surface area (Å²) in [5.41, 5.74) is 1.53. The zero-order chi connectivity index (χ0) is 16.4. The molecule has 1 aliphatic heterocycles. The minimum absolute atomic E-state index is 0.245. The number of benzene rings is 2. The van der Waals surface area contributed by atoms with Crippen LogP contribution in [0.25, 0.3) is 0 Å². The lowest BCUT2D eigenvalue weighted by atomic mass is 10.0. The number of alkyl halides is 1. The molecular formula is C18H14ClNO3. The maximum Gasteiger partial charge on any atom is 0.262 e. The Morgan fingerprint density at radius 1 is 0.913 bits per heavy atom. The molecule has 2 amide bonds. The summed E-state index contributed by atoms with van der Waals surface area (Å²) in [7, 11) is 0. The predicted molar refractivity (Wildman–Crippen MR) is 86.6 cm³/mol. The van der Waals surface area contributed by atoms with Crippen LogP contribution in [0.2, 0.25) is 0 Å². The smallest absolute Gasteiger partial charge is 0.262 e. The van der Waals surface area contributed by atoms with E-state index >= 15 is 0 Å². The van der Waals surface area contributed by atoms with Crippen molar-refractivity contribution in [3.8, 4) is 0 Å². The van der Waals surface area contributed by atoms with E-state index in [0.717, 1.165) is 10.5 Å². The normalized spacial score (nSPS) is 14.7. The van der Waals surface area contributed by atoms with E-state index in [1.54, 1.807) is 24.3 Å². The zero-order valence-electron chi connectivity index (χ0n) is 12.2. The Balaban J connectivity index is 1.97. The molecule has 0 saturated heterocycles. The van der Waals surface area contributed by atoms with E-state index in [1.807, 2.05) is 30.3 Å². The van der Waals surface area contributed by atoms with Crippen molar-refractivity contribution in [2.45, 2.75) is 12.5 Å². The molecule has 2 aromatic carbocycles. The standard InChI is InChI=1S/C18H14ClNO3/c19-11-16(21)15(10-12-6-2-1-3-7-12)20-17(22)13-8-4-5-9-14(13)18(20)23/h1-9,15H,10-11H2/t15-/m0/s1. The summed E-state index contributed by atoms with van der Waals surface area (Å²) in [6.45, 7) is 0. The molecule has 1 atom stereocenters. The molecule has 0 saturated carbocycles. The molecule has 0 N–H and O–H groups in total. The van der Waals surface area contributed by atoms with Crippen molar-refractivity contribution in [3.05, 3.63) is 71.3 Å². The second kappa shape index (κ2) is 6.34. The number of nitrogens with zero attached hydrogens (tertiary/aromatic N) is 1. The monoisotopic (exact) mass is 327 g/mol. The molecule has 116 valence electrons. The summed E-state index contributed by atoms with van der Waals surface area (Å²) in [4.78, 5) is 38.4. The fraction of sp³-hybridized carbons (Fsp3) is 0.167. The molecule has 1 heterocycles. The molecule has 23 heavy (non-hydrogen) atoms. The molecule has 5 heteroatoms. The maximum atomic E-state index is 12.6. The zero-order valence-corrected chi connectivity index (χ0v) is 13.0. The van der Waals surface area contributed by atoms with Crippen molar-refractivity contribution in [2.75, 3.05) is 5.88 Å². The number of halogens is 1. The van der Waals surface area contributed by atoms with E-state index in [0.29, 0.717) is 11.1 Å². The van der Waals surface area contributed by atoms with Crippen LogP contribution in [0.3, 0.4) is 0 Å². The molecular weight excluding hydrogens is 314 g/mol. The van der Waals surface area contributed by atoms with Crippen LogP contribution in [0.5, 0.6) is 0 Å². The topological polar surface area (TPSA) is 54.5 Å². The number of ketones is 1. The van der Waals surface area contributed by atoms with E-state index in [9.17, 15) is 14.4 Å². The third-order valence-corrected chi connectivity index (χ3v) is 4.18. The summed E-state index contributed by atoms with van der Waals surface area (Å²) < 4.78 is 0. The number of amides is 2. The summed E-state index contributed by atoms with van der Waals surface area (Å²) >= 11 is 5.70. The Bertz CT molecular complexity index is 738. The first-order valence-corrected chi connectivity index (χ1v) is 7.76. The molecule has 0 radical (unpaired) electrons. The molecule has 2 aromatic rings. The number of imide groups is 1. The predicted octanol–water partition coefficient (Wildman–Crippen LogP) is 2.70. The van der Waals surface area contributed by atoms with Gasteiger partial charge in [0.25, 0.3) is 11.8 Å². The fourth-order valence-electron chi connectivity index (χ4n) is 2.77. The van der Waals surface area contributed by atoms with Crippen LogP contribution in [0.15, 0.2) is 54.6 Å². The van der Waals surface area contributed by atoms with Crippen LogP contribution in [0.4, 0.5) is 0 Å². The van der Waals surface area contributed by atoms with Gasteiger partial charge in [0, 0.05) is 6.42 Å². The summed E-state index contributed by atoms with van der Waals surface area (Å²) in [6, 6.07) is 15.0. The Morgan fingerprint density at radius 2 is 1.43 bits per heavy atom. The number of carbonyl (C=O) groups excluding carboxylic acids is 3. The lowest BCUT2D eigenvalue weighted by Crippen LogP contribution is -2.46. The number of rotatable bonds is 5. The largest absolute Gasteiger partial charge is 0.296 e. The van der Waals surface area contributed by atoms with Gasteiger partial charge in [-0.2, -0.15) is 0 Å². The number of Topliss-reactive ketones (excluding diaryl/α,β-unsaturated/α-hetero) is 1. The van der Waals surface area contributed by atoms with Crippen molar-refractivity contribution in [2.24, 2.45) is 0 Å². The van der Waals surface area contributed by atoms with E-state index in [2.05, 4.69) is 0 Å². The Morgan fingerprint density at radius 3 is 1.96 bits per heavy atom. The highest BCUT2D eigenvalue weighted by molar-refractivity contribution is 6.30. The molecule has 0 bridgehead atoms. The van der Waals surface area contributed by atoms with E-state index in [4.69, 9.17) is 11.6 Å². The van der Waals surface area contributed by atoms with Gasteiger partial charge in [-0.1, -0.05) is 42.5 Å². The van der Waals surface area contributed by atoms with Gasteiger partial charge in [0.2, 0.25) is 0 Å². The summed E-state index contributed by atoms with van der Waals surface area (Å²) in [5, 5.41) is 0. The van der Waals surface area contributed by atoms with Crippen molar-refractivity contribution >= 4 is 29.2 Å². The first-order chi connectivity index (χ1) is 11.1. The first kappa shape index (κ1) is 15.4. The average molecular weight is 328 g/mol. The van der Waals surface area contributed by atoms with Gasteiger partial charge >= 0.3 is 0 Å². The number of carbonyl (C=O) groups is 3. The van der Waals surface area contributed by atoms with Gasteiger partial charge in [-0.05, 0) is 17.7 Å². The molecule has 0 aromatic heterocycles. The van der Waals surface area contributed by atoms with Crippen LogP contribution >= 0.6 is 11.6 Å². The van der Waals surface area contributed by atoms with Gasteiger partial charge in [-0.15, -0.1) is 11.6 Å². The van der Waals surface area contributed by atoms with E-state index in [1.165, 1.54) is 0 Å². The van der Waals surface area contributed by atoms with Crippen LogP contribution in [-0.2, 0) is 11.2 Å². The number of hydrogen-bond donors (Lipinski definition) is 0. The van der Waals surface area contributed by atoms with Gasteiger partial charge in [0.1, 0.15) is 6.04 Å². The van der Waals surface area contributed by atoms with Crippen molar-refractivity contribution in [1.82, 2.24) is 4.90 Å². The lowest BCUT2D eigenvalue weighted by molar-refractivity contribution is -0.120. The molecule has 0 fully saturated rings. The van der Waals surface area contributed by atoms with Crippen LogP contribution < -0.4 is 0 Å². The third-order valence-electron chi connectivity index (χ3n) is 3.91. The van der Waals surface area contributed by atoms with Gasteiger partial charge in [0.15, 0.2) is 5.78 Å². The average Bonchev–Trinajstić information content (AvgIpc) is 2.85. The molecule has 0 aliphatic carbocycles. The quantitative estimate of drug-likeness (QED) is 0.626. The SMILES string of the molecule is O=C(CCl)[C@H](Cc1ccccc1)N1C(=O)c2ccccc2C1=O. The van der Waals surface area contributed by atoms with Crippen LogP contribution in [0.1, 0.15) is 26.3 Å². The lowest BCUT2D eigenvalue weighted by Gasteiger charge is -2.24. The molecule has 0 spiro atoms. The second-order valence-electron chi connectivity index (χ2n) is 5.33. The second-order valence-corrected chi connectivity index (χ2v) is 5.60. The number of fused-ring (bicyclic) bond motifs is 1. The third kappa shape index (κ3) is 2.78. The Kier molecular flexibility index (Phi) is 4.26. The van der Waals surface area contributed by atoms with E-state index < -0.39 is 17.9 Å². The minimum atomic E-state index is -0.887. The molecule has 3 rings (SSSR count). The van der Waals surface area contributed by atoms with Crippen molar-refractivity contribution < 1.29 is 14.4 Å². The highest BCUT2D eigenvalue weighted by Crippen LogP contribution is 2.26. The minimum Gasteiger partial charge on any atom is -0.296 e. The van der Waals surface area contributed by atoms with Crippen molar-refractivity contribution in [3.63, 3.8) is 0 Å². The van der Waals surface area contributed by atoms with Gasteiger partial charge in [-0.25, -0.2) is 0 Å². The molecule has 0 unspecified atom stereocenters. The molecule has 4 nitrogen and oxygen atoms in total. The highest BCUT2D eigenvalue weighted by Gasteiger charge is 2.42. The Hall–Kier alpha value is -2.46. The molecule has 1 aliphatic rings. The maximum absolute atomic E-state index is 12.6. The van der Waals surface area contributed by atoms with Crippen molar-refractivity contribution in [1.29, 1.82) is 0 Å². The first-order valence-electron chi connectivity index (χ1n) is 7.23. The summed E-state index contributed by atoms with van der Waals surface area (Å²) in [6.07, 6.45) is 0.262. The van der Waals surface area contributed by atoms with Gasteiger partial charge < -0.3 is 0 Å². The van der Waals surface area contributed by atoms with E-state index in [-0.39, 0.29) is 18.1 Å². The number of hydrogen-bond acceptors (Lipinski definition) is 3. The van der Waals surface area contributed by atoms with Crippen LogP contribution in [-0.4, -0.2) is 34.4 Å². The van der Waals surface area contributed by atoms with Gasteiger partial charge in [-0.3, -0.25) is 19.3 Å². The Labute approximate surface area is 138 Å². The van der Waals surface area contributed by atoms with Gasteiger partial charge in [0.05, 0.1) is 17.0 Å².